The first-order chi connectivity index (χ1) is 33.0. The number of anilines is 4. The Kier molecular flexibility index (Phi) is 12.4. The molecule has 6 heterocycles. The summed E-state index contributed by atoms with van der Waals surface area (Å²) in [7, 11) is 0. The first kappa shape index (κ1) is 44.6. The molecule has 2 aromatic heterocycles. The summed E-state index contributed by atoms with van der Waals surface area (Å²) in [5.41, 5.74) is 17.6. The number of amides is 2. The third-order valence-corrected chi connectivity index (χ3v) is 14.1. The second-order valence-electron chi connectivity index (χ2n) is 18.1. The van der Waals surface area contributed by atoms with E-state index >= 15 is 0 Å². The fourth-order valence-electron chi connectivity index (χ4n) is 10.6. The first-order valence-corrected chi connectivity index (χ1v) is 23.2. The van der Waals surface area contributed by atoms with Crippen LogP contribution in [0.25, 0.3) is 21.8 Å². The molecule has 18 heteroatoms. The third kappa shape index (κ3) is 8.88. The van der Waals surface area contributed by atoms with Crippen LogP contribution in [0.4, 0.5) is 31.5 Å². The van der Waals surface area contributed by atoms with Crippen LogP contribution in [0.5, 0.6) is 0 Å². The Balaban J connectivity index is 0.737. The van der Waals surface area contributed by atoms with E-state index in [0.29, 0.717) is 35.5 Å². The van der Waals surface area contributed by atoms with Crippen molar-refractivity contribution >= 4 is 68.3 Å². The van der Waals surface area contributed by atoms with Gasteiger partial charge in [0.1, 0.15) is 11.6 Å². The molecule has 354 valence electrons. The number of hydrogen-bond donors (Lipinski definition) is 4. The van der Waals surface area contributed by atoms with Gasteiger partial charge in [-0.25, -0.2) is 18.4 Å². The van der Waals surface area contributed by atoms with E-state index < -0.39 is 36.2 Å². The van der Waals surface area contributed by atoms with Gasteiger partial charge in [0.25, 0.3) is 24.3 Å². The monoisotopic (exact) mass is 928 g/mol. The van der Waals surface area contributed by atoms with E-state index in [1.54, 1.807) is 34.3 Å². The number of nitrogens with zero attached hydrogens (tertiary/aromatic N) is 6. The summed E-state index contributed by atoms with van der Waals surface area (Å²) in [4.78, 5) is 71.2. The molecule has 68 heavy (non-hydrogen) atoms. The molecule has 2 unspecified atom stereocenters. The number of para-hydroxylation sites is 2. The fourth-order valence-corrected chi connectivity index (χ4v) is 10.6. The predicted octanol–water partition coefficient (Wildman–Crippen LogP) is 4.57. The number of esters is 2. The Labute approximate surface area is 391 Å². The van der Waals surface area contributed by atoms with Crippen molar-refractivity contribution in [1.29, 1.82) is 0 Å². The Hall–Kier alpha value is -7.18. The van der Waals surface area contributed by atoms with Crippen molar-refractivity contribution in [3.8, 4) is 0 Å². The second-order valence-corrected chi connectivity index (χ2v) is 18.1. The van der Waals surface area contributed by atoms with Crippen LogP contribution in [0.2, 0.25) is 0 Å². The lowest BCUT2D eigenvalue weighted by Gasteiger charge is -2.36. The number of rotatable bonds is 14. The van der Waals surface area contributed by atoms with E-state index in [9.17, 15) is 28.0 Å². The van der Waals surface area contributed by atoms with Gasteiger partial charge in [-0.05, 0) is 85.6 Å². The molecule has 2 amide bonds. The zero-order chi connectivity index (χ0) is 47.1. The fraction of sp³-hybridized carbons (Fsp3) is 0.360. The molecule has 0 aliphatic carbocycles. The van der Waals surface area contributed by atoms with Crippen molar-refractivity contribution in [2.24, 2.45) is 11.5 Å². The molecule has 2 fully saturated rings. The molecule has 6 N–H and O–H groups in total. The first-order valence-electron chi connectivity index (χ1n) is 23.2. The molecule has 4 aliphatic rings. The zero-order valence-electron chi connectivity index (χ0n) is 37.5. The van der Waals surface area contributed by atoms with Gasteiger partial charge in [-0.1, -0.05) is 36.4 Å². The number of aromatic nitrogens is 2. The molecule has 0 spiro atoms. The summed E-state index contributed by atoms with van der Waals surface area (Å²) in [5, 5.41) is 1.66. The highest BCUT2D eigenvalue weighted by molar-refractivity contribution is 6.30. The number of hydrogen-bond acceptors (Lipinski definition) is 12. The van der Waals surface area contributed by atoms with E-state index in [4.69, 9.17) is 20.9 Å². The van der Waals surface area contributed by atoms with Gasteiger partial charge in [0.15, 0.2) is 0 Å². The van der Waals surface area contributed by atoms with E-state index in [0.717, 1.165) is 112 Å². The van der Waals surface area contributed by atoms with Gasteiger partial charge >= 0.3 is 11.9 Å². The average molecular weight is 929 g/mol. The molecule has 4 aliphatic heterocycles. The van der Waals surface area contributed by atoms with Crippen molar-refractivity contribution in [3.63, 3.8) is 0 Å². The highest BCUT2D eigenvalue weighted by atomic mass is 19.1. The third-order valence-electron chi connectivity index (χ3n) is 14.1. The van der Waals surface area contributed by atoms with Gasteiger partial charge in [0.05, 0.1) is 11.0 Å². The normalized spacial score (nSPS) is 19.6. The maximum absolute atomic E-state index is 14.7. The van der Waals surface area contributed by atoms with Crippen LogP contribution in [0.1, 0.15) is 35.8 Å². The Morgan fingerprint density at radius 2 is 0.971 bits per heavy atom. The Morgan fingerprint density at radius 1 is 0.574 bits per heavy atom. The standard InChI is InChI=1S/C50H54F2N10O6/c51-39-27-35(25-31-9-13-55-43(31)39)59-21-17-57(18-22-59)15-11-33-29-61(41-7-3-1-5-37(33)41)47(45(53)63)67-49(65)50(66)68-48(46(54)64)62-30-34(38-6-2-4-8-42(38)62)12-16-58-19-23-60(24-20-58)36-26-32-10-14-56-44(32)40(52)28-36/h1-10,13-14,25-28,33-34,47-48,55-56H,11-12,15-24,29-30H2,(H2,53,63)(H2,54,64)/t33-,34-,47?,48?/m1/s1. The van der Waals surface area contributed by atoms with E-state index in [1.165, 1.54) is 0 Å². The number of fused-ring (bicyclic) bond motifs is 4. The van der Waals surface area contributed by atoms with Crippen LogP contribution in [0.3, 0.4) is 0 Å². The molecule has 4 aromatic carbocycles. The summed E-state index contributed by atoms with van der Waals surface area (Å²) in [6, 6.07) is 25.9. The summed E-state index contributed by atoms with van der Waals surface area (Å²) in [6.07, 6.45) is 1.63. The zero-order valence-corrected chi connectivity index (χ0v) is 37.5. The number of ether oxygens (including phenoxy) is 2. The number of aromatic amines is 2. The van der Waals surface area contributed by atoms with Gasteiger partial charge < -0.3 is 50.5 Å². The van der Waals surface area contributed by atoms with Crippen LogP contribution in [0.15, 0.2) is 97.3 Å². The number of H-pyrrole nitrogens is 2. The van der Waals surface area contributed by atoms with Gasteiger partial charge in [0, 0.05) is 123 Å². The van der Waals surface area contributed by atoms with Crippen LogP contribution < -0.4 is 31.1 Å². The predicted molar refractivity (Wildman–Crippen MR) is 254 cm³/mol. The van der Waals surface area contributed by atoms with E-state index in [1.807, 2.05) is 72.8 Å². The van der Waals surface area contributed by atoms with Crippen LogP contribution in [0, 0.1) is 11.6 Å². The molecule has 0 bridgehead atoms. The lowest BCUT2D eigenvalue weighted by molar-refractivity contribution is -0.176. The molecule has 0 saturated carbocycles. The number of carbonyl (C=O) groups excluding carboxylic acids is 4. The van der Waals surface area contributed by atoms with Crippen LogP contribution in [-0.2, 0) is 28.7 Å². The minimum atomic E-state index is -1.64. The largest absolute Gasteiger partial charge is 0.423 e. The average Bonchev–Trinajstić information content (AvgIpc) is 4.17. The lowest BCUT2D eigenvalue weighted by Crippen LogP contribution is -2.51. The molecular weight excluding hydrogens is 875 g/mol. The van der Waals surface area contributed by atoms with Crippen LogP contribution >= 0.6 is 0 Å². The molecule has 0 radical (unpaired) electrons. The molecule has 2 saturated heterocycles. The summed E-state index contributed by atoms with van der Waals surface area (Å²) < 4.78 is 40.5. The number of halogens is 2. The number of piperazine rings is 2. The molecule has 10 rings (SSSR count). The highest BCUT2D eigenvalue weighted by Gasteiger charge is 2.42. The minimum absolute atomic E-state index is 0.0505. The van der Waals surface area contributed by atoms with Crippen LogP contribution in [-0.4, -0.2) is 135 Å². The lowest BCUT2D eigenvalue weighted by atomic mass is 9.97. The van der Waals surface area contributed by atoms with Gasteiger partial charge in [-0.2, -0.15) is 0 Å². The minimum Gasteiger partial charge on any atom is -0.423 e. The van der Waals surface area contributed by atoms with Gasteiger partial charge in [-0.15, -0.1) is 0 Å². The molecular formula is C50H54F2N10O6. The number of nitrogens with one attached hydrogen (secondary N) is 2. The van der Waals surface area contributed by atoms with Gasteiger partial charge in [-0.3, -0.25) is 19.4 Å². The van der Waals surface area contributed by atoms with Crippen molar-refractivity contribution in [2.75, 3.05) is 98.1 Å². The van der Waals surface area contributed by atoms with Crippen molar-refractivity contribution in [2.45, 2.75) is 37.1 Å². The van der Waals surface area contributed by atoms with E-state index in [-0.39, 0.29) is 23.5 Å². The number of carbonyl (C=O) groups is 4. The maximum atomic E-state index is 14.7. The molecule has 6 aromatic rings. The topological polar surface area (TPSA) is 190 Å². The van der Waals surface area contributed by atoms with Crippen molar-refractivity contribution in [3.05, 3.63) is 120 Å². The number of primary amides is 2. The van der Waals surface area contributed by atoms with Gasteiger partial charge in [0.2, 0.25) is 0 Å². The quantitative estimate of drug-likeness (QED) is 0.0882. The Bertz CT molecular complexity index is 2660. The SMILES string of the molecule is NC(=O)C(OC(=O)C(=O)OC(C(N)=O)N1C[C@@H](CCN2CCN(c3cc(F)c4[nH]ccc4c3)CC2)c2ccccc21)N1C[C@@H](CCN2CCN(c3cc(F)c4[nH]ccc4c3)CC2)c2ccccc21. The summed E-state index contributed by atoms with van der Waals surface area (Å²) in [5.74, 6) is -5.61. The number of benzene rings is 4. The highest BCUT2D eigenvalue weighted by Crippen LogP contribution is 2.41. The molecule has 4 atom stereocenters. The molecule has 16 nitrogen and oxygen atoms in total. The second kappa shape index (κ2) is 18.8. The van der Waals surface area contributed by atoms with Crippen molar-refractivity contribution in [1.82, 2.24) is 19.8 Å². The maximum Gasteiger partial charge on any atom is 0.419 e. The Morgan fingerprint density at radius 3 is 1.37 bits per heavy atom. The number of nitrogens with two attached hydrogens (primary N) is 2. The summed E-state index contributed by atoms with van der Waals surface area (Å²) >= 11 is 0. The summed E-state index contributed by atoms with van der Waals surface area (Å²) in [6.45, 7) is 8.14. The van der Waals surface area contributed by atoms with Crippen molar-refractivity contribution < 1.29 is 37.4 Å². The van der Waals surface area contributed by atoms with E-state index in [2.05, 4.69) is 29.6 Å². The smallest absolute Gasteiger partial charge is 0.419 e.